The largest absolute Gasteiger partial charge is 0.387 e. The lowest BCUT2D eigenvalue weighted by atomic mass is 10.3. The van der Waals surface area contributed by atoms with Gasteiger partial charge in [0.1, 0.15) is 11.7 Å². The monoisotopic (exact) mass is 178 g/mol. The van der Waals surface area contributed by atoms with Crippen LogP contribution in [0.1, 0.15) is 12.8 Å². The zero-order valence-corrected chi connectivity index (χ0v) is 7.20. The molecule has 0 heterocycles. The molecule has 1 aliphatic rings. The zero-order valence-electron chi connectivity index (χ0n) is 7.20. The minimum atomic E-state index is -0.273. The van der Waals surface area contributed by atoms with Crippen LogP contribution >= 0.6 is 0 Å². The van der Waals surface area contributed by atoms with E-state index < -0.39 is 0 Å². The van der Waals surface area contributed by atoms with E-state index in [4.69, 9.17) is 5.73 Å². The Kier molecular flexibility index (Phi) is 2.00. The maximum atomic E-state index is 12.7. The number of hydrogen-bond acceptors (Lipinski definition) is 1. The Morgan fingerprint density at radius 2 is 2.23 bits per heavy atom. The van der Waals surface area contributed by atoms with Gasteiger partial charge in [-0.25, -0.2) is 9.38 Å². The Hall–Kier alpha value is -1.38. The summed E-state index contributed by atoms with van der Waals surface area (Å²) in [5, 5.41) is 0. The molecule has 0 saturated heterocycles. The van der Waals surface area contributed by atoms with Crippen molar-refractivity contribution in [2.24, 2.45) is 16.6 Å². The number of nitrogens with two attached hydrogens (primary N) is 1. The summed E-state index contributed by atoms with van der Waals surface area (Å²) < 4.78 is 12.7. The second-order valence-electron chi connectivity index (χ2n) is 3.29. The minimum Gasteiger partial charge on any atom is -0.387 e. The predicted molar refractivity (Wildman–Crippen MR) is 50.4 cm³/mol. The van der Waals surface area contributed by atoms with Gasteiger partial charge in [-0.2, -0.15) is 0 Å². The van der Waals surface area contributed by atoms with E-state index in [1.165, 1.54) is 12.1 Å². The molecule has 0 bridgehead atoms. The fourth-order valence-electron chi connectivity index (χ4n) is 1.17. The quantitative estimate of drug-likeness (QED) is 0.547. The van der Waals surface area contributed by atoms with Crippen LogP contribution in [0.15, 0.2) is 29.3 Å². The van der Waals surface area contributed by atoms with Gasteiger partial charge in [-0.15, -0.1) is 0 Å². The molecule has 2 rings (SSSR count). The third-order valence-electron chi connectivity index (χ3n) is 2.06. The van der Waals surface area contributed by atoms with E-state index in [0.717, 1.165) is 12.8 Å². The molecule has 0 spiro atoms. The van der Waals surface area contributed by atoms with Gasteiger partial charge < -0.3 is 5.73 Å². The van der Waals surface area contributed by atoms with E-state index in [9.17, 15) is 4.39 Å². The van der Waals surface area contributed by atoms with Gasteiger partial charge in [0.15, 0.2) is 0 Å². The van der Waals surface area contributed by atoms with Crippen molar-refractivity contribution in [3.05, 3.63) is 30.1 Å². The van der Waals surface area contributed by atoms with Crippen molar-refractivity contribution < 1.29 is 4.39 Å². The van der Waals surface area contributed by atoms with Gasteiger partial charge in [0.2, 0.25) is 0 Å². The van der Waals surface area contributed by atoms with Crippen LogP contribution in [0.4, 0.5) is 10.1 Å². The molecule has 1 saturated carbocycles. The van der Waals surface area contributed by atoms with Crippen molar-refractivity contribution in [2.45, 2.75) is 12.8 Å². The molecule has 2 N–H and O–H groups in total. The van der Waals surface area contributed by atoms with Crippen LogP contribution in [0.25, 0.3) is 0 Å². The first-order valence-electron chi connectivity index (χ1n) is 4.35. The van der Waals surface area contributed by atoms with Gasteiger partial charge in [-0.3, -0.25) is 0 Å². The molecule has 2 nitrogen and oxygen atoms in total. The Balaban J connectivity index is 2.20. The molecule has 0 amide bonds. The standard InChI is InChI=1S/C10H11FN2/c11-8-2-1-3-9(6-8)13-10(12)7-4-5-7/h1-3,6-7H,4-5H2,(H2,12,13). The van der Waals surface area contributed by atoms with Crippen LogP contribution < -0.4 is 5.73 Å². The summed E-state index contributed by atoms with van der Waals surface area (Å²) in [5.74, 6) is 0.790. The van der Waals surface area contributed by atoms with Crippen molar-refractivity contribution in [2.75, 3.05) is 0 Å². The molecule has 1 aromatic rings. The third kappa shape index (κ3) is 2.05. The minimum absolute atomic E-state index is 0.273. The van der Waals surface area contributed by atoms with Gasteiger partial charge in [0, 0.05) is 5.92 Å². The topological polar surface area (TPSA) is 38.4 Å². The van der Waals surface area contributed by atoms with Crippen LogP contribution in [0.5, 0.6) is 0 Å². The first kappa shape index (κ1) is 8.23. The first-order valence-corrected chi connectivity index (χ1v) is 4.35. The summed E-state index contributed by atoms with van der Waals surface area (Å²) >= 11 is 0. The average molecular weight is 178 g/mol. The first-order chi connectivity index (χ1) is 6.25. The lowest BCUT2D eigenvalue weighted by Crippen LogP contribution is -2.12. The molecule has 1 aliphatic carbocycles. The van der Waals surface area contributed by atoms with E-state index in [0.29, 0.717) is 17.4 Å². The second-order valence-corrected chi connectivity index (χ2v) is 3.29. The molecule has 1 fully saturated rings. The van der Waals surface area contributed by atoms with Crippen LogP contribution in [0.2, 0.25) is 0 Å². The maximum Gasteiger partial charge on any atom is 0.125 e. The Labute approximate surface area is 76.3 Å². The molecule has 0 radical (unpaired) electrons. The van der Waals surface area contributed by atoms with Crippen LogP contribution in [0, 0.1) is 11.7 Å². The normalized spacial score (nSPS) is 17.5. The van der Waals surface area contributed by atoms with Gasteiger partial charge in [-0.1, -0.05) is 6.07 Å². The number of halogens is 1. The number of hydrogen-bond donors (Lipinski definition) is 1. The van der Waals surface area contributed by atoms with Crippen molar-refractivity contribution in [1.82, 2.24) is 0 Å². The highest BCUT2D eigenvalue weighted by Gasteiger charge is 2.25. The van der Waals surface area contributed by atoms with Gasteiger partial charge in [0.25, 0.3) is 0 Å². The van der Waals surface area contributed by atoms with Crippen LogP contribution in [0.3, 0.4) is 0 Å². The summed E-state index contributed by atoms with van der Waals surface area (Å²) in [5.41, 5.74) is 6.29. The Morgan fingerprint density at radius 1 is 1.46 bits per heavy atom. The zero-order chi connectivity index (χ0) is 9.26. The molecule has 0 unspecified atom stereocenters. The highest BCUT2D eigenvalue weighted by atomic mass is 19.1. The summed E-state index contributed by atoms with van der Waals surface area (Å²) in [6, 6.07) is 6.16. The average Bonchev–Trinajstić information content (AvgIpc) is 2.85. The maximum absolute atomic E-state index is 12.7. The molecule has 0 aromatic heterocycles. The summed E-state index contributed by atoms with van der Waals surface area (Å²) in [4.78, 5) is 4.14. The van der Waals surface area contributed by atoms with Gasteiger partial charge >= 0.3 is 0 Å². The highest BCUT2D eigenvalue weighted by Crippen LogP contribution is 2.30. The molecule has 1 aromatic carbocycles. The van der Waals surface area contributed by atoms with Crippen molar-refractivity contribution in [1.29, 1.82) is 0 Å². The molecule has 0 atom stereocenters. The molecular formula is C10H11FN2. The fraction of sp³-hybridized carbons (Fsp3) is 0.300. The number of rotatable bonds is 2. The molecule has 68 valence electrons. The predicted octanol–water partition coefficient (Wildman–Crippen LogP) is 2.22. The Morgan fingerprint density at radius 3 is 2.85 bits per heavy atom. The van der Waals surface area contributed by atoms with Crippen molar-refractivity contribution in [3.63, 3.8) is 0 Å². The molecular weight excluding hydrogens is 167 g/mol. The summed E-state index contributed by atoms with van der Waals surface area (Å²) in [6.45, 7) is 0. The van der Waals surface area contributed by atoms with E-state index >= 15 is 0 Å². The Bertz CT molecular complexity index is 343. The van der Waals surface area contributed by atoms with Gasteiger partial charge in [0.05, 0.1) is 5.69 Å². The number of nitrogens with zero attached hydrogens (tertiary/aromatic N) is 1. The number of amidine groups is 1. The molecule has 3 heteroatoms. The number of aliphatic imine (C=N–C) groups is 1. The third-order valence-corrected chi connectivity index (χ3v) is 2.06. The second kappa shape index (κ2) is 3.17. The molecule has 0 aliphatic heterocycles. The lowest BCUT2D eigenvalue weighted by molar-refractivity contribution is 0.628. The molecule has 13 heavy (non-hydrogen) atoms. The smallest absolute Gasteiger partial charge is 0.125 e. The van der Waals surface area contributed by atoms with E-state index in [-0.39, 0.29) is 5.82 Å². The SMILES string of the molecule is NC(=Nc1cccc(F)c1)C1CC1. The summed E-state index contributed by atoms with van der Waals surface area (Å²) in [6.07, 6.45) is 2.23. The van der Waals surface area contributed by atoms with Gasteiger partial charge in [-0.05, 0) is 31.0 Å². The number of benzene rings is 1. The highest BCUT2D eigenvalue weighted by molar-refractivity contribution is 5.87. The summed E-state index contributed by atoms with van der Waals surface area (Å²) in [7, 11) is 0. The van der Waals surface area contributed by atoms with E-state index in [1.54, 1.807) is 12.1 Å². The van der Waals surface area contributed by atoms with E-state index in [2.05, 4.69) is 4.99 Å². The van der Waals surface area contributed by atoms with Crippen LogP contribution in [-0.4, -0.2) is 5.84 Å². The van der Waals surface area contributed by atoms with E-state index in [1.807, 2.05) is 0 Å². The van der Waals surface area contributed by atoms with Crippen LogP contribution in [-0.2, 0) is 0 Å². The fourth-order valence-corrected chi connectivity index (χ4v) is 1.17. The van der Waals surface area contributed by atoms with Crippen molar-refractivity contribution in [3.8, 4) is 0 Å². The lowest BCUT2D eigenvalue weighted by Gasteiger charge is -1.97. The van der Waals surface area contributed by atoms with Crippen molar-refractivity contribution >= 4 is 11.5 Å².